The van der Waals surface area contributed by atoms with E-state index in [0.29, 0.717) is 0 Å². The van der Waals surface area contributed by atoms with Gasteiger partial charge in [0.2, 0.25) is 0 Å². The van der Waals surface area contributed by atoms with Gasteiger partial charge in [0.05, 0.1) is 18.9 Å². The Kier molecular flexibility index (Phi) is 4.73. The molecule has 2 aromatic rings. The molecule has 2 rings (SSSR count). The quantitative estimate of drug-likeness (QED) is 0.576. The van der Waals surface area contributed by atoms with E-state index in [9.17, 15) is 0 Å². The molecular formula is C12H17N3OS. The topological polar surface area (TPSA) is 38.6 Å². The van der Waals surface area contributed by atoms with Crippen LogP contribution in [-0.4, -0.2) is 29.1 Å². The number of hydrogen-bond acceptors (Lipinski definition) is 4. The minimum Gasteiger partial charge on any atom is -0.380 e. The van der Waals surface area contributed by atoms with Crippen LogP contribution < -0.4 is 5.32 Å². The molecule has 17 heavy (non-hydrogen) atoms. The standard InChI is InChI=1S/C12H17N3OS/c1-2-3-6-16-7-4-13-9-11-10-15-5-8-17-12(15)14-11/h2,5,8,10,13H,1,3-4,6-7,9H2. The van der Waals surface area contributed by atoms with Gasteiger partial charge in [0.1, 0.15) is 0 Å². The zero-order valence-electron chi connectivity index (χ0n) is 9.76. The van der Waals surface area contributed by atoms with Crippen LogP contribution in [0, 0.1) is 0 Å². The van der Waals surface area contributed by atoms with Gasteiger partial charge in [0.25, 0.3) is 0 Å². The molecule has 0 spiro atoms. The van der Waals surface area contributed by atoms with Gasteiger partial charge in [-0.2, -0.15) is 0 Å². The normalized spacial score (nSPS) is 11.1. The second-order valence-corrected chi connectivity index (χ2v) is 4.56. The van der Waals surface area contributed by atoms with Gasteiger partial charge in [-0.3, -0.25) is 4.40 Å². The third-order valence-electron chi connectivity index (χ3n) is 2.34. The minimum absolute atomic E-state index is 0.732. The van der Waals surface area contributed by atoms with Gasteiger partial charge < -0.3 is 10.1 Å². The number of rotatable bonds is 8. The molecule has 0 aliphatic rings. The first-order valence-electron chi connectivity index (χ1n) is 5.70. The molecule has 0 aliphatic heterocycles. The molecule has 5 heteroatoms. The maximum atomic E-state index is 5.40. The van der Waals surface area contributed by atoms with Crippen molar-refractivity contribution in [2.45, 2.75) is 13.0 Å². The van der Waals surface area contributed by atoms with Crippen LogP contribution in [0.25, 0.3) is 4.96 Å². The van der Waals surface area contributed by atoms with Gasteiger partial charge in [0, 0.05) is 30.9 Å². The Balaban J connectivity index is 1.62. The Morgan fingerprint density at radius 2 is 2.47 bits per heavy atom. The van der Waals surface area contributed by atoms with E-state index in [1.54, 1.807) is 11.3 Å². The van der Waals surface area contributed by atoms with Crippen molar-refractivity contribution in [1.29, 1.82) is 0 Å². The van der Waals surface area contributed by atoms with Crippen LogP contribution in [0.3, 0.4) is 0 Å². The molecule has 2 aromatic heterocycles. The summed E-state index contributed by atoms with van der Waals surface area (Å²) >= 11 is 1.65. The molecule has 92 valence electrons. The third kappa shape index (κ3) is 3.66. The third-order valence-corrected chi connectivity index (χ3v) is 3.11. The van der Waals surface area contributed by atoms with Crippen LogP contribution in [0.5, 0.6) is 0 Å². The van der Waals surface area contributed by atoms with Crippen molar-refractivity contribution in [2.75, 3.05) is 19.8 Å². The molecule has 0 radical (unpaired) electrons. The Morgan fingerprint density at radius 1 is 1.53 bits per heavy atom. The first kappa shape index (κ1) is 12.3. The fraction of sp³-hybridized carbons (Fsp3) is 0.417. The molecule has 0 amide bonds. The maximum Gasteiger partial charge on any atom is 0.193 e. The highest BCUT2D eigenvalue weighted by molar-refractivity contribution is 7.15. The van der Waals surface area contributed by atoms with Gasteiger partial charge in [-0.25, -0.2) is 4.98 Å². The summed E-state index contributed by atoms with van der Waals surface area (Å²) in [6, 6.07) is 0. The number of hydrogen-bond donors (Lipinski definition) is 1. The molecular weight excluding hydrogens is 234 g/mol. The second kappa shape index (κ2) is 6.54. The van der Waals surface area contributed by atoms with Crippen molar-refractivity contribution < 1.29 is 4.74 Å². The van der Waals surface area contributed by atoms with Crippen molar-refractivity contribution in [1.82, 2.24) is 14.7 Å². The average Bonchev–Trinajstić information content (AvgIpc) is 2.88. The fourth-order valence-electron chi connectivity index (χ4n) is 1.49. The van der Waals surface area contributed by atoms with E-state index in [4.69, 9.17) is 4.74 Å². The Bertz CT molecular complexity index is 434. The van der Waals surface area contributed by atoms with Crippen LogP contribution in [-0.2, 0) is 11.3 Å². The van der Waals surface area contributed by atoms with Crippen molar-refractivity contribution in [2.24, 2.45) is 0 Å². The molecule has 0 fully saturated rings. The SMILES string of the molecule is C=CCCOCCNCc1cn2ccsc2n1. The Labute approximate surface area is 105 Å². The summed E-state index contributed by atoms with van der Waals surface area (Å²) < 4.78 is 7.44. The van der Waals surface area contributed by atoms with Crippen LogP contribution in [0.2, 0.25) is 0 Å². The van der Waals surface area contributed by atoms with E-state index in [0.717, 1.165) is 43.4 Å². The molecule has 1 N–H and O–H groups in total. The van der Waals surface area contributed by atoms with E-state index < -0.39 is 0 Å². The van der Waals surface area contributed by atoms with Crippen molar-refractivity contribution in [3.05, 3.63) is 36.1 Å². The summed E-state index contributed by atoms with van der Waals surface area (Å²) in [4.78, 5) is 5.53. The largest absolute Gasteiger partial charge is 0.380 e. The number of imidazole rings is 1. The summed E-state index contributed by atoms with van der Waals surface area (Å²) in [6.07, 6.45) is 6.86. The lowest BCUT2D eigenvalue weighted by molar-refractivity contribution is 0.140. The lowest BCUT2D eigenvalue weighted by Crippen LogP contribution is -2.19. The predicted octanol–water partition coefficient (Wildman–Crippen LogP) is 2.08. The van der Waals surface area contributed by atoms with Crippen molar-refractivity contribution >= 4 is 16.3 Å². The summed E-state index contributed by atoms with van der Waals surface area (Å²) in [6.45, 7) is 6.77. The van der Waals surface area contributed by atoms with E-state index in [1.165, 1.54) is 0 Å². The first-order valence-corrected chi connectivity index (χ1v) is 6.58. The highest BCUT2D eigenvalue weighted by Crippen LogP contribution is 2.10. The maximum absolute atomic E-state index is 5.40. The van der Waals surface area contributed by atoms with E-state index >= 15 is 0 Å². The molecule has 0 atom stereocenters. The smallest absolute Gasteiger partial charge is 0.193 e. The van der Waals surface area contributed by atoms with Gasteiger partial charge in [-0.15, -0.1) is 17.9 Å². The number of fused-ring (bicyclic) bond motifs is 1. The summed E-state index contributed by atoms with van der Waals surface area (Å²) in [5, 5.41) is 5.34. The monoisotopic (exact) mass is 251 g/mol. The lowest BCUT2D eigenvalue weighted by Gasteiger charge is -2.03. The zero-order valence-corrected chi connectivity index (χ0v) is 10.6. The number of nitrogens with zero attached hydrogens (tertiary/aromatic N) is 2. The van der Waals surface area contributed by atoms with Crippen molar-refractivity contribution in [3.8, 4) is 0 Å². The summed E-state index contributed by atoms with van der Waals surface area (Å²) in [7, 11) is 0. The van der Waals surface area contributed by atoms with Gasteiger partial charge in [0.15, 0.2) is 4.96 Å². The highest BCUT2D eigenvalue weighted by atomic mass is 32.1. The van der Waals surface area contributed by atoms with Crippen LogP contribution >= 0.6 is 11.3 Å². The number of thiazole rings is 1. The molecule has 0 aromatic carbocycles. The number of ether oxygens (including phenoxy) is 1. The first-order chi connectivity index (χ1) is 8.40. The Hall–Kier alpha value is -1.17. The molecule has 0 saturated heterocycles. The average molecular weight is 251 g/mol. The molecule has 2 heterocycles. The van der Waals surface area contributed by atoms with Crippen LogP contribution in [0.15, 0.2) is 30.4 Å². The summed E-state index contributed by atoms with van der Waals surface area (Å²) in [5.41, 5.74) is 1.07. The van der Waals surface area contributed by atoms with Gasteiger partial charge in [-0.1, -0.05) is 6.08 Å². The molecule has 0 saturated carbocycles. The Morgan fingerprint density at radius 3 is 3.29 bits per heavy atom. The number of aromatic nitrogens is 2. The van der Waals surface area contributed by atoms with Gasteiger partial charge in [-0.05, 0) is 6.42 Å². The van der Waals surface area contributed by atoms with E-state index in [2.05, 4.69) is 23.1 Å². The molecule has 0 bridgehead atoms. The van der Waals surface area contributed by atoms with Crippen LogP contribution in [0.4, 0.5) is 0 Å². The summed E-state index contributed by atoms with van der Waals surface area (Å²) in [5.74, 6) is 0. The van der Waals surface area contributed by atoms with Gasteiger partial charge >= 0.3 is 0 Å². The minimum atomic E-state index is 0.732. The molecule has 4 nitrogen and oxygen atoms in total. The second-order valence-electron chi connectivity index (χ2n) is 3.69. The van der Waals surface area contributed by atoms with E-state index in [1.807, 2.05) is 22.1 Å². The molecule has 0 unspecified atom stereocenters. The lowest BCUT2D eigenvalue weighted by atomic mass is 10.4. The number of nitrogens with one attached hydrogen (secondary N) is 1. The molecule has 0 aliphatic carbocycles. The van der Waals surface area contributed by atoms with E-state index in [-0.39, 0.29) is 0 Å². The fourth-order valence-corrected chi connectivity index (χ4v) is 2.21. The predicted molar refractivity (Wildman–Crippen MR) is 70.4 cm³/mol. The highest BCUT2D eigenvalue weighted by Gasteiger charge is 2.01. The van der Waals surface area contributed by atoms with Crippen molar-refractivity contribution in [3.63, 3.8) is 0 Å². The van der Waals surface area contributed by atoms with Crippen LogP contribution in [0.1, 0.15) is 12.1 Å². The zero-order chi connectivity index (χ0) is 11.9.